The van der Waals surface area contributed by atoms with Crippen molar-refractivity contribution in [1.82, 2.24) is 5.32 Å². The molecule has 1 atom stereocenters. The number of hydrogen-bond donors (Lipinski definition) is 2. The summed E-state index contributed by atoms with van der Waals surface area (Å²) in [6.07, 6.45) is 0.360. The van der Waals surface area contributed by atoms with E-state index in [1.165, 1.54) is 11.3 Å². The van der Waals surface area contributed by atoms with E-state index in [9.17, 15) is 9.90 Å². The van der Waals surface area contributed by atoms with Crippen molar-refractivity contribution in [2.24, 2.45) is 5.41 Å². The van der Waals surface area contributed by atoms with E-state index in [0.29, 0.717) is 0 Å². The maximum absolute atomic E-state index is 11.8. The number of aliphatic hydroxyl groups excluding tert-OH is 1. The molecule has 1 aromatic carbocycles. The number of nitrogens with one attached hydrogen (secondary N) is 1. The quantitative estimate of drug-likeness (QED) is 0.886. The van der Waals surface area contributed by atoms with Crippen LogP contribution in [-0.4, -0.2) is 31.2 Å². The minimum absolute atomic E-state index is 0.0440. The Morgan fingerprint density at radius 3 is 2.80 bits per heavy atom. The predicted molar refractivity (Wildman–Crippen MR) is 80.8 cm³/mol. The molecule has 1 aliphatic rings. The van der Waals surface area contributed by atoms with Gasteiger partial charge in [-0.15, -0.1) is 0 Å². The van der Waals surface area contributed by atoms with Crippen molar-refractivity contribution in [3.8, 4) is 0 Å². The lowest BCUT2D eigenvalue weighted by molar-refractivity contribution is -0.128. The summed E-state index contributed by atoms with van der Waals surface area (Å²) in [6.45, 7) is 6.86. The molecular weight excluding hydrogens is 252 g/mol. The minimum Gasteiger partial charge on any atom is -0.387 e. The van der Waals surface area contributed by atoms with Crippen LogP contribution in [0.4, 0.5) is 5.69 Å². The van der Waals surface area contributed by atoms with Crippen molar-refractivity contribution < 1.29 is 9.90 Å². The van der Waals surface area contributed by atoms with E-state index in [1.54, 1.807) is 0 Å². The smallest absolute Gasteiger partial charge is 0.225 e. The number of anilines is 1. The second kappa shape index (κ2) is 5.44. The second-order valence-electron chi connectivity index (χ2n) is 6.54. The molecule has 0 fully saturated rings. The van der Waals surface area contributed by atoms with Crippen LogP contribution in [0.3, 0.4) is 0 Å². The molecule has 0 aromatic heterocycles. The van der Waals surface area contributed by atoms with E-state index in [1.807, 2.05) is 39.0 Å². The maximum atomic E-state index is 11.8. The predicted octanol–water partition coefficient (Wildman–Crippen LogP) is 1.87. The highest BCUT2D eigenvalue weighted by molar-refractivity contribution is 5.81. The van der Waals surface area contributed by atoms with Crippen LogP contribution < -0.4 is 10.2 Å². The Morgan fingerprint density at radius 2 is 2.15 bits per heavy atom. The molecule has 0 aliphatic carbocycles. The second-order valence-corrected chi connectivity index (χ2v) is 6.54. The Kier molecular flexibility index (Phi) is 4.04. The van der Waals surface area contributed by atoms with Gasteiger partial charge in [0.15, 0.2) is 0 Å². The summed E-state index contributed by atoms with van der Waals surface area (Å²) in [4.78, 5) is 14.0. The van der Waals surface area contributed by atoms with Gasteiger partial charge in [-0.1, -0.05) is 32.9 Å². The van der Waals surface area contributed by atoms with Crippen molar-refractivity contribution in [1.29, 1.82) is 0 Å². The molecular formula is C16H24N2O2. The van der Waals surface area contributed by atoms with Crippen molar-refractivity contribution in [2.45, 2.75) is 33.3 Å². The van der Waals surface area contributed by atoms with E-state index < -0.39 is 11.5 Å². The summed E-state index contributed by atoms with van der Waals surface area (Å²) in [7, 11) is 2.07. The van der Waals surface area contributed by atoms with Crippen molar-refractivity contribution in [3.05, 3.63) is 29.3 Å². The summed E-state index contributed by atoms with van der Waals surface area (Å²) in [5.41, 5.74) is 2.94. The Labute approximate surface area is 120 Å². The lowest BCUT2D eigenvalue weighted by atomic mass is 9.95. The molecule has 4 heteroatoms. The van der Waals surface area contributed by atoms with Crippen LogP contribution in [0.5, 0.6) is 0 Å². The van der Waals surface area contributed by atoms with Crippen molar-refractivity contribution in [2.75, 3.05) is 25.0 Å². The zero-order valence-electron chi connectivity index (χ0n) is 12.7. The first-order chi connectivity index (χ1) is 9.29. The first kappa shape index (κ1) is 14.9. The zero-order chi connectivity index (χ0) is 14.9. The molecule has 1 aliphatic heterocycles. The van der Waals surface area contributed by atoms with E-state index >= 15 is 0 Å². The van der Waals surface area contributed by atoms with Crippen molar-refractivity contribution >= 4 is 11.6 Å². The van der Waals surface area contributed by atoms with Gasteiger partial charge in [0.1, 0.15) is 0 Å². The van der Waals surface area contributed by atoms with Crippen LogP contribution in [0, 0.1) is 5.41 Å². The topological polar surface area (TPSA) is 52.6 Å². The molecule has 1 heterocycles. The van der Waals surface area contributed by atoms with E-state index in [2.05, 4.69) is 17.3 Å². The SMILES string of the molecule is CN1CCc2cc(C(O)CNC(=O)C(C)(C)C)ccc21. The number of likely N-dealkylation sites (N-methyl/N-ethyl adjacent to an activating group) is 1. The molecule has 1 aromatic rings. The van der Waals surface area contributed by atoms with E-state index in [4.69, 9.17) is 0 Å². The van der Waals surface area contributed by atoms with Gasteiger partial charge in [0, 0.05) is 31.2 Å². The lowest BCUT2D eigenvalue weighted by Crippen LogP contribution is -2.37. The Balaban J connectivity index is 2.00. The molecule has 110 valence electrons. The summed E-state index contributed by atoms with van der Waals surface area (Å²) in [5.74, 6) is -0.0440. The molecule has 4 nitrogen and oxygen atoms in total. The number of aliphatic hydroxyl groups is 1. The third-order valence-corrected chi connectivity index (χ3v) is 3.75. The average Bonchev–Trinajstić information content (AvgIpc) is 2.75. The highest BCUT2D eigenvalue weighted by Crippen LogP contribution is 2.29. The van der Waals surface area contributed by atoms with Gasteiger partial charge in [0.2, 0.25) is 5.91 Å². The summed E-state index contributed by atoms with van der Waals surface area (Å²) >= 11 is 0. The normalized spacial score (nSPS) is 15.9. The lowest BCUT2D eigenvalue weighted by Gasteiger charge is -2.20. The number of benzene rings is 1. The Bertz CT molecular complexity index is 506. The van der Waals surface area contributed by atoms with Gasteiger partial charge in [0.05, 0.1) is 6.10 Å². The molecule has 0 bridgehead atoms. The van der Waals surface area contributed by atoms with Gasteiger partial charge < -0.3 is 15.3 Å². The maximum Gasteiger partial charge on any atom is 0.225 e. The van der Waals surface area contributed by atoms with Crippen LogP contribution >= 0.6 is 0 Å². The molecule has 0 radical (unpaired) electrons. The van der Waals surface area contributed by atoms with Crippen LogP contribution in [0.1, 0.15) is 38.0 Å². The van der Waals surface area contributed by atoms with Gasteiger partial charge in [-0.2, -0.15) is 0 Å². The number of rotatable bonds is 3. The monoisotopic (exact) mass is 276 g/mol. The van der Waals surface area contributed by atoms with Crippen LogP contribution in [0.25, 0.3) is 0 Å². The molecule has 0 spiro atoms. The van der Waals surface area contributed by atoms with Gasteiger partial charge in [-0.3, -0.25) is 4.79 Å². The molecule has 20 heavy (non-hydrogen) atoms. The molecule has 1 amide bonds. The minimum atomic E-state index is -0.655. The number of carbonyl (C=O) groups is 1. The largest absolute Gasteiger partial charge is 0.387 e. The van der Waals surface area contributed by atoms with Gasteiger partial charge >= 0.3 is 0 Å². The highest BCUT2D eigenvalue weighted by Gasteiger charge is 2.22. The number of fused-ring (bicyclic) bond motifs is 1. The molecule has 2 N–H and O–H groups in total. The third kappa shape index (κ3) is 3.12. The first-order valence-corrected chi connectivity index (χ1v) is 7.09. The number of carbonyl (C=O) groups excluding carboxylic acids is 1. The van der Waals surface area contributed by atoms with E-state index in [-0.39, 0.29) is 12.5 Å². The molecule has 2 rings (SSSR count). The van der Waals surface area contributed by atoms with Gasteiger partial charge in [-0.25, -0.2) is 0 Å². The van der Waals surface area contributed by atoms with Gasteiger partial charge in [-0.05, 0) is 23.6 Å². The van der Waals surface area contributed by atoms with Crippen LogP contribution in [-0.2, 0) is 11.2 Å². The highest BCUT2D eigenvalue weighted by atomic mass is 16.3. The molecule has 1 unspecified atom stereocenters. The van der Waals surface area contributed by atoms with Crippen LogP contribution in [0.2, 0.25) is 0 Å². The number of hydrogen-bond acceptors (Lipinski definition) is 3. The number of nitrogens with zero attached hydrogens (tertiary/aromatic N) is 1. The Morgan fingerprint density at radius 1 is 1.45 bits per heavy atom. The molecule has 0 saturated heterocycles. The standard InChI is InChI=1S/C16H24N2O2/c1-16(2,3)15(20)17-10-14(19)12-5-6-13-11(9-12)7-8-18(13)4/h5-6,9,14,19H,7-8,10H2,1-4H3,(H,17,20). The summed E-state index contributed by atoms with van der Waals surface area (Å²) in [6, 6.07) is 6.04. The Hall–Kier alpha value is -1.55. The summed E-state index contributed by atoms with van der Waals surface area (Å²) < 4.78 is 0. The fourth-order valence-corrected chi connectivity index (χ4v) is 2.37. The van der Waals surface area contributed by atoms with E-state index in [0.717, 1.165) is 18.5 Å². The fraction of sp³-hybridized carbons (Fsp3) is 0.562. The van der Waals surface area contributed by atoms with Crippen molar-refractivity contribution in [3.63, 3.8) is 0 Å². The number of amides is 1. The molecule has 0 saturated carbocycles. The zero-order valence-corrected chi connectivity index (χ0v) is 12.7. The van der Waals surface area contributed by atoms with Gasteiger partial charge in [0.25, 0.3) is 0 Å². The first-order valence-electron chi connectivity index (χ1n) is 7.09. The third-order valence-electron chi connectivity index (χ3n) is 3.75. The summed E-state index contributed by atoms with van der Waals surface area (Å²) in [5, 5.41) is 13.0. The fourth-order valence-electron chi connectivity index (χ4n) is 2.37. The van der Waals surface area contributed by atoms with Crippen LogP contribution in [0.15, 0.2) is 18.2 Å². The average molecular weight is 276 g/mol.